The zero-order chi connectivity index (χ0) is 16.5. The number of benzene rings is 1. The van der Waals surface area contributed by atoms with E-state index in [1.54, 1.807) is 42.7 Å². The Morgan fingerprint density at radius 2 is 2.00 bits per heavy atom. The molecule has 0 aliphatic carbocycles. The number of hydrogen-bond acceptors (Lipinski definition) is 5. The molecule has 1 rings (SSSR count). The molecule has 0 aromatic heterocycles. The summed E-state index contributed by atoms with van der Waals surface area (Å²) in [6.45, 7) is 3.66. The van der Waals surface area contributed by atoms with Crippen LogP contribution in [0, 0.1) is 5.92 Å². The second kappa shape index (κ2) is 9.19. The van der Waals surface area contributed by atoms with Crippen LogP contribution in [0.3, 0.4) is 0 Å². The zero-order valence-electron chi connectivity index (χ0n) is 12.8. The molecular formula is C16H23NO5. The molecule has 0 heterocycles. The van der Waals surface area contributed by atoms with Gasteiger partial charge in [0, 0.05) is 5.57 Å². The maximum absolute atomic E-state index is 11.2. The predicted octanol–water partition coefficient (Wildman–Crippen LogP) is 1.57. The van der Waals surface area contributed by atoms with E-state index in [2.05, 4.69) is 0 Å². The molecule has 0 saturated heterocycles. The number of amides is 1. The first-order valence-corrected chi connectivity index (χ1v) is 7.12. The number of carbonyl (C=O) groups is 1. The fraction of sp³-hybridized carbons (Fsp3) is 0.438. The van der Waals surface area contributed by atoms with Crippen molar-refractivity contribution in [3.63, 3.8) is 0 Å². The number of aliphatic hydroxyl groups is 2. The molecule has 1 aromatic rings. The lowest BCUT2D eigenvalue weighted by Gasteiger charge is -2.18. The number of allylic oxidation sites excluding steroid dienone is 1. The Morgan fingerprint density at radius 1 is 1.36 bits per heavy atom. The minimum atomic E-state index is -0.673. The second-order valence-electron chi connectivity index (χ2n) is 5.13. The topological polar surface area (TPSA) is 99.0 Å². The van der Waals surface area contributed by atoms with E-state index in [0.717, 1.165) is 5.56 Å². The number of hydroxylamine groups is 1. The third-order valence-corrected chi connectivity index (χ3v) is 3.38. The summed E-state index contributed by atoms with van der Waals surface area (Å²) in [6.07, 6.45) is 1.51. The number of hydrogen-bond donors (Lipinski definition) is 4. The summed E-state index contributed by atoms with van der Waals surface area (Å²) < 4.78 is 5.26. The molecule has 6 heteroatoms. The maximum Gasteiger partial charge on any atom is 0.269 e. The van der Waals surface area contributed by atoms with E-state index < -0.39 is 12.0 Å². The highest BCUT2D eigenvalue weighted by Gasteiger charge is 2.16. The molecule has 0 aliphatic rings. The van der Waals surface area contributed by atoms with Gasteiger partial charge in [-0.3, -0.25) is 10.0 Å². The molecule has 2 atom stereocenters. The first-order chi connectivity index (χ1) is 10.5. The summed E-state index contributed by atoms with van der Waals surface area (Å²) in [5.74, 6) is -0.00858. The van der Waals surface area contributed by atoms with Gasteiger partial charge in [-0.1, -0.05) is 25.1 Å². The number of rotatable bonds is 8. The van der Waals surface area contributed by atoms with Crippen LogP contribution in [0.1, 0.15) is 31.9 Å². The normalized spacial score (nSPS) is 14.3. The number of carbonyl (C=O) groups excluding carboxylic acids is 1. The van der Waals surface area contributed by atoms with Crippen LogP contribution < -0.4 is 10.2 Å². The molecule has 0 fully saturated rings. The summed E-state index contributed by atoms with van der Waals surface area (Å²) in [6, 6.07) is 7.01. The SMILES string of the molecule is C/C(=C\C[C@@H](C)[C@H](O)c1ccc(OCCO)cc1)C(=O)NO. The largest absolute Gasteiger partial charge is 0.491 e. The van der Waals surface area contributed by atoms with E-state index in [1.807, 2.05) is 6.92 Å². The van der Waals surface area contributed by atoms with E-state index in [0.29, 0.717) is 17.7 Å². The number of aliphatic hydroxyl groups excluding tert-OH is 2. The molecule has 0 radical (unpaired) electrons. The Labute approximate surface area is 130 Å². The van der Waals surface area contributed by atoms with Gasteiger partial charge in [0.25, 0.3) is 5.91 Å². The van der Waals surface area contributed by atoms with Crippen molar-refractivity contribution in [2.45, 2.75) is 26.4 Å². The highest BCUT2D eigenvalue weighted by atomic mass is 16.5. The van der Waals surface area contributed by atoms with Crippen LogP contribution in [0.15, 0.2) is 35.9 Å². The number of nitrogens with one attached hydrogen (secondary N) is 1. The van der Waals surface area contributed by atoms with Crippen LogP contribution in [-0.2, 0) is 4.79 Å². The first kappa shape index (κ1) is 18.2. The quantitative estimate of drug-likeness (QED) is 0.332. The van der Waals surface area contributed by atoms with Gasteiger partial charge < -0.3 is 14.9 Å². The van der Waals surface area contributed by atoms with Crippen LogP contribution in [-0.4, -0.2) is 34.5 Å². The Kier molecular flexibility index (Phi) is 7.59. The molecule has 4 N–H and O–H groups in total. The zero-order valence-corrected chi connectivity index (χ0v) is 12.8. The van der Waals surface area contributed by atoms with Crippen molar-refractivity contribution in [1.29, 1.82) is 0 Å². The average Bonchev–Trinajstić information content (AvgIpc) is 2.56. The standard InChI is InChI=1S/C16H23NO5/c1-11(3-4-12(2)16(20)17-21)15(19)13-5-7-14(8-6-13)22-10-9-18/h4-8,11,15,18-19,21H,3,9-10H2,1-2H3,(H,17,20)/b12-4+/t11-,15+/m1/s1. The van der Waals surface area contributed by atoms with Crippen LogP contribution in [0.4, 0.5) is 0 Å². The van der Waals surface area contributed by atoms with E-state index in [1.165, 1.54) is 0 Å². The van der Waals surface area contributed by atoms with Crippen molar-refractivity contribution in [2.75, 3.05) is 13.2 Å². The molecule has 0 spiro atoms. The van der Waals surface area contributed by atoms with E-state index in [4.69, 9.17) is 15.1 Å². The van der Waals surface area contributed by atoms with Crippen LogP contribution in [0.2, 0.25) is 0 Å². The fourth-order valence-corrected chi connectivity index (χ4v) is 1.93. The predicted molar refractivity (Wildman–Crippen MR) is 81.4 cm³/mol. The van der Waals surface area contributed by atoms with Gasteiger partial charge in [0.05, 0.1) is 12.7 Å². The van der Waals surface area contributed by atoms with Crippen molar-refractivity contribution in [3.8, 4) is 5.75 Å². The van der Waals surface area contributed by atoms with Gasteiger partial charge in [-0.15, -0.1) is 0 Å². The van der Waals surface area contributed by atoms with Crippen molar-refractivity contribution < 1.29 is 25.0 Å². The van der Waals surface area contributed by atoms with Gasteiger partial charge in [-0.05, 0) is 37.0 Å². The molecule has 1 amide bonds. The molecule has 0 unspecified atom stereocenters. The first-order valence-electron chi connectivity index (χ1n) is 7.12. The monoisotopic (exact) mass is 309 g/mol. The Balaban J connectivity index is 2.62. The Bertz CT molecular complexity index is 498. The second-order valence-corrected chi connectivity index (χ2v) is 5.13. The van der Waals surface area contributed by atoms with Crippen molar-refractivity contribution in [3.05, 3.63) is 41.5 Å². The van der Waals surface area contributed by atoms with Crippen LogP contribution in [0.5, 0.6) is 5.75 Å². The van der Waals surface area contributed by atoms with Crippen molar-refractivity contribution >= 4 is 5.91 Å². The van der Waals surface area contributed by atoms with Crippen molar-refractivity contribution in [2.24, 2.45) is 5.92 Å². The van der Waals surface area contributed by atoms with Gasteiger partial charge in [0.1, 0.15) is 12.4 Å². The molecule has 0 saturated carbocycles. The molecular weight excluding hydrogens is 286 g/mol. The molecule has 0 aliphatic heterocycles. The summed E-state index contributed by atoms with van der Waals surface area (Å²) in [5, 5.41) is 27.5. The van der Waals surface area contributed by atoms with Gasteiger partial charge >= 0.3 is 0 Å². The van der Waals surface area contributed by atoms with Crippen LogP contribution in [0.25, 0.3) is 0 Å². The lowest BCUT2D eigenvalue weighted by molar-refractivity contribution is -0.125. The highest BCUT2D eigenvalue weighted by Crippen LogP contribution is 2.26. The van der Waals surface area contributed by atoms with Gasteiger partial charge in [-0.25, -0.2) is 5.48 Å². The lowest BCUT2D eigenvalue weighted by Crippen LogP contribution is -2.19. The van der Waals surface area contributed by atoms with E-state index in [-0.39, 0.29) is 19.1 Å². The van der Waals surface area contributed by atoms with Gasteiger partial charge in [-0.2, -0.15) is 0 Å². The van der Waals surface area contributed by atoms with Crippen LogP contribution >= 0.6 is 0 Å². The van der Waals surface area contributed by atoms with Gasteiger partial charge in [0.15, 0.2) is 0 Å². The molecule has 122 valence electrons. The summed E-state index contributed by atoms with van der Waals surface area (Å²) in [5.41, 5.74) is 2.72. The molecule has 1 aromatic carbocycles. The van der Waals surface area contributed by atoms with Crippen molar-refractivity contribution in [1.82, 2.24) is 5.48 Å². The third kappa shape index (κ3) is 5.48. The molecule has 0 bridgehead atoms. The minimum absolute atomic E-state index is 0.0471. The number of ether oxygens (including phenoxy) is 1. The van der Waals surface area contributed by atoms with E-state index in [9.17, 15) is 9.90 Å². The van der Waals surface area contributed by atoms with E-state index >= 15 is 0 Å². The minimum Gasteiger partial charge on any atom is -0.491 e. The third-order valence-electron chi connectivity index (χ3n) is 3.38. The Hall–Kier alpha value is -1.89. The maximum atomic E-state index is 11.2. The molecule has 22 heavy (non-hydrogen) atoms. The smallest absolute Gasteiger partial charge is 0.269 e. The fourth-order valence-electron chi connectivity index (χ4n) is 1.93. The summed E-state index contributed by atoms with van der Waals surface area (Å²) in [4.78, 5) is 11.2. The summed E-state index contributed by atoms with van der Waals surface area (Å²) >= 11 is 0. The highest BCUT2D eigenvalue weighted by molar-refractivity contribution is 5.91. The summed E-state index contributed by atoms with van der Waals surface area (Å²) in [7, 11) is 0. The average molecular weight is 309 g/mol. The lowest BCUT2D eigenvalue weighted by atomic mass is 9.94. The van der Waals surface area contributed by atoms with Gasteiger partial charge in [0.2, 0.25) is 0 Å². The molecule has 6 nitrogen and oxygen atoms in total. The Morgan fingerprint density at radius 3 is 2.55 bits per heavy atom.